The molecule has 3 aromatic rings. The van der Waals surface area contributed by atoms with Crippen LogP contribution in [0.25, 0.3) is 11.1 Å². The second-order valence-electron chi connectivity index (χ2n) is 10.7. The van der Waals surface area contributed by atoms with Crippen molar-refractivity contribution in [2.24, 2.45) is 0 Å². The number of carbonyl (C=O) groups is 2. The molecule has 3 aromatic carbocycles. The Morgan fingerprint density at radius 1 is 0.919 bits per heavy atom. The highest BCUT2D eigenvalue weighted by molar-refractivity contribution is 8.01. The van der Waals surface area contributed by atoms with E-state index in [1.54, 1.807) is 4.90 Å². The van der Waals surface area contributed by atoms with E-state index in [0.29, 0.717) is 13.0 Å². The van der Waals surface area contributed by atoms with Gasteiger partial charge in [0.1, 0.15) is 12.6 Å². The highest BCUT2D eigenvalue weighted by Crippen LogP contribution is 2.48. The van der Waals surface area contributed by atoms with Gasteiger partial charge in [0, 0.05) is 6.54 Å². The number of nitrogens with zero attached hydrogens (tertiary/aromatic N) is 1. The van der Waals surface area contributed by atoms with E-state index in [9.17, 15) is 9.59 Å². The Hall–Kier alpha value is -3.03. The zero-order valence-corrected chi connectivity index (χ0v) is 23.8. The van der Waals surface area contributed by atoms with Gasteiger partial charge in [0.15, 0.2) is 0 Å². The Labute approximate surface area is 225 Å². The molecule has 0 bridgehead atoms. The van der Waals surface area contributed by atoms with Gasteiger partial charge in [0.2, 0.25) is 0 Å². The van der Waals surface area contributed by atoms with E-state index in [2.05, 4.69) is 56.0 Å². The number of rotatable bonds is 8. The predicted octanol–water partition coefficient (Wildman–Crippen LogP) is 6.74. The van der Waals surface area contributed by atoms with Crippen LogP contribution in [0.5, 0.6) is 0 Å². The molecule has 2 atom stereocenters. The van der Waals surface area contributed by atoms with Crippen LogP contribution in [0.15, 0.2) is 84.9 Å². The van der Waals surface area contributed by atoms with Crippen LogP contribution >= 0.6 is 11.8 Å². The number of likely N-dealkylation sites (tertiary alicyclic amines) is 1. The summed E-state index contributed by atoms with van der Waals surface area (Å²) >= 11 is 1.86. The zero-order chi connectivity index (χ0) is 26.5. The predicted molar refractivity (Wildman–Crippen MR) is 153 cm³/mol. The van der Waals surface area contributed by atoms with E-state index in [-0.39, 0.29) is 6.61 Å². The lowest BCUT2D eigenvalue weighted by molar-refractivity contribution is -0.145. The van der Waals surface area contributed by atoms with Gasteiger partial charge in [-0.05, 0) is 34.1 Å². The molecular weight excluding hydrogens is 498 g/mol. The highest BCUT2D eigenvalue weighted by atomic mass is 32.2. The van der Waals surface area contributed by atoms with E-state index < -0.39 is 30.9 Å². The lowest BCUT2D eigenvalue weighted by Gasteiger charge is -2.32. The second kappa shape index (κ2) is 11.6. The van der Waals surface area contributed by atoms with Crippen molar-refractivity contribution in [1.82, 2.24) is 4.90 Å². The summed E-state index contributed by atoms with van der Waals surface area (Å²) in [5, 5.41) is 1.01. The average molecular weight is 534 g/mol. The van der Waals surface area contributed by atoms with Gasteiger partial charge in [-0.2, -0.15) is 11.8 Å². The van der Waals surface area contributed by atoms with Crippen molar-refractivity contribution >= 4 is 31.9 Å². The first kappa shape index (κ1) is 27.0. The Morgan fingerprint density at radius 3 is 2.11 bits per heavy atom. The molecule has 0 aromatic heterocycles. The van der Waals surface area contributed by atoms with Gasteiger partial charge in [0.05, 0.1) is 19.9 Å². The van der Waals surface area contributed by atoms with E-state index >= 15 is 0 Å². The molecule has 194 valence electrons. The molecule has 0 unspecified atom stereocenters. The SMILES string of the molecule is COC(=O)[C@@H]1C[C@@](SC[Si](C)(C)C)(c2ccc(-c3ccccc3)cc2)CN1C(=O)OCc1ccccc1. The molecule has 0 N–H and O–H groups in total. The topological polar surface area (TPSA) is 55.8 Å². The van der Waals surface area contributed by atoms with Gasteiger partial charge in [-0.1, -0.05) is 105 Å². The fraction of sp³-hybridized carbons (Fsp3) is 0.333. The molecule has 7 heteroatoms. The molecular formula is C30H35NO4SSi. The fourth-order valence-electron chi connectivity index (χ4n) is 4.56. The molecule has 37 heavy (non-hydrogen) atoms. The number of hydrogen-bond donors (Lipinski definition) is 0. The lowest BCUT2D eigenvalue weighted by atomic mass is 9.93. The normalized spacial score (nSPS) is 19.5. The third kappa shape index (κ3) is 6.65. The number of carbonyl (C=O) groups excluding carboxylic acids is 2. The summed E-state index contributed by atoms with van der Waals surface area (Å²) < 4.78 is 10.4. The smallest absolute Gasteiger partial charge is 0.410 e. The van der Waals surface area contributed by atoms with Crippen molar-refractivity contribution < 1.29 is 19.1 Å². The van der Waals surface area contributed by atoms with E-state index in [0.717, 1.165) is 27.6 Å². The van der Waals surface area contributed by atoms with Crippen LogP contribution in [0.4, 0.5) is 4.79 Å². The number of benzene rings is 3. The van der Waals surface area contributed by atoms with Gasteiger partial charge < -0.3 is 9.47 Å². The summed E-state index contributed by atoms with van der Waals surface area (Å²) in [6.45, 7) is 7.56. The maximum Gasteiger partial charge on any atom is 0.410 e. The molecule has 0 saturated carbocycles. The Bertz CT molecular complexity index is 1200. The maximum atomic E-state index is 13.3. The molecule has 1 saturated heterocycles. The molecule has 1 aliphatic heterocycles. The zero-order valence-electron chi connectivity index (χ0n) is 22.0. The standard InChI is InChI=1S/C30H35NO4SSi/c1-34-28(32)27-19-30(36-22-37(2,3)4,21-31(27)29(33)35-20-23-11-7-5-8-12-23)26-17-15-25(16-18-26)24-13-9-6-10-14-24/h5-18,27H,19-22H2,1-4H3/t27-,30-/m0/s1. The van der Waals surface area contributed by atoms with Crippen molar-refractivity contribution in [3.05, 3.63) is 96.1 Å². The molecule has 1 aliphatic rings. The van der Waals surface area contributed by atoms with Gasteiger partial charge in [0.25, 0.3) is 0 Å². The van der Waals surface area contributed by atoms with Crippen molar-refractivity contribution in [3.8, 4) is 11.1 Å². The van der Waals surface area contributed by atoms with Crippen LogP contribution in [0.3, 0.4) is 0 Å². The summed E-state index contributed by atoms with van der Waals surface area (Å²) in [6.07, 6.45) is -0.00410. The first-order valence-electron chi connectivity index (χ1n) is 12.6. The second-order valence-corrected chi connectivity index (χ2v) is 18.0. The van der Waals surface area contributed by atoms with Gasteiger partial charge >= 0.3 is 12.1 Å². The molecule has 4 rings (SSSR count). The van der Waals surface area contributed by atoms with E-state index in [4.69, 9.17) is 9.47 Å². The Kier molecular flexibility index (Phi) is 8.45. The van der Waals surface area contributed by atoms with Crippen molar-refractivity contribution in [3.63, 3.8) is 0 Å². The summed E-state index contributed by atoms with van der Waals surface area (Å²) in [4.78, 5) is 27.8. The number of hydrogen-bond acceptors (Lipinski definition) is 5. The largest absolute Gasteiger partial charge is 0.467 e. The van der Waals surface area contributed by atoms with Crippen LogP contribution in [0, 0.1) is 0 Å². The quantitative estimate of drug-likeness (QED) is 0.237. The van der Waals surface area contributed by atoms with Crippen LogP contribution < -0.4 is 0 Å². The first-order chi connectivity index (χ1) is 17.7. The Balaban J connectivity index is 1.64. The summed E-state index contributed by atoms with van der Waals surface area (Å²) in [6, 6.07) is 27.7. The molecule has 1 fully saturated rings. The Morgan fingerprint density at radius 2 is 1.51 bits per heavy atom. The third-order valence-corrected chi connectivity index (χ3v) is 11.7. The van der Waals surface area contributed by atoms with Crippen LogP contribution in [-0.4, -0.2) is 50.1 Å². The summed E-state index contributed by atoms with van der Waals surface area (Å²) in [5.41, 5.74) is 4.31. The molecule has 1 heterocycles. The number of amides is 1. The number of thioether (sulfide) groups is 1. The number of methoxy groups -OCH3 is 1. The molecule has 0 spiro atoms. The van der Waals surface area contributed by atoms with Gasteiger partial charge in [-0.25, -0.2) is 9.59 Å². The minimum atomic E-state index is -1.42. The van der Waals surface area contributed by atoms with Crippen molar-refractivity contribution in [2.45, 2.75) is 43.5 Å². The first-order valence-corrected chi connectivity index (χ1v) is 17.3. The van der Waals surface area contributed by atoms with Gasteiger partial charge in [-0.15, -0.1) is 0 Å². The van der Waals surface area contributed by atoms with Crippen molar-refractivity contribution in [1.29, 1.82) is 0 Å². The minimum Gasteiger partial charge on any atom is -0.467 e. The third-order valence-electron chi connectivity index (χ3n) is 6.54. The molecule has 5 nitrogen and oxygen atoms in total. The van der Waals surface area contributed by atoms with Crippen molar-refractivity contribution in [2.75, 3.05) is 19.0 Å². The molecule has 0 aliphatic carbocycles. The highest BCUT2D eigenvalue weighted by Gasteiger charge is 2.51. The van der Waals surface area contributed by atoms with Crippen LogP contribution in [-0.2, 0) is 25.6 Å². The molecule has 1 amide bonds. The fourth-order valence-corrected chi connectivity index (χ4v) is 8.21. The van der Waals surface area contributed by atoms with Crippen LogP contribution in [0.2, 0.25) is 19.6 Å². The number of esters is 1. The number of ether oxygens (including phenoxy) is 2. The maximum absolute atomic E-state index is 13.3. The minimum absolute atomic E-state index is 0.158. The van der Waals surface area contributed by atoms with E-state index in [1.807, 2.05) is 60.3 Å². The van der Waals surface area contributed by atoms with Gasteiger partial charge in [-0.3, -0.25) is 4.90 Å². The monoisotopic (exact) mass is 533 g/mol. The van der Waals surface area contributed by atoms with E-state index in [1.165, 1.54) is 7.11 Å². The average Bonchev–Trinajstić information content (AvgIpc) is 3.32. The molecule has 0 radical (unpaired) electrons. The summed E-state index contributed by atoms with van der Waals surface area (Å²) in [5.74, 6) is -0.409. The summed E-state index contributed by atoms with van der Waals surface area (Å²) in [7, 11) is -0.0474. The lowest BCUT2D eigenvalue weighted by Crippen LogP contribution is -2.41. The van der Waals surface area contributed by atoms with Crippen LogP contribution in [0.1, 0.15) is 17.5 Å².